The first-order chi connectivity index (χ1) is 11.3. The number of ether oxygens (including phenoxy) is 1. The van der Waals surface area contributed by atoms with Crippen molar-refractivity contribution in [2.24, 2.45) is 0 Å². The minimum atomic E-state index is -4.61. The number of alkyl halides is 5. The number of halogens is 5. The van der Waals surface area contributed by atoms with Crippen molar-refractivity contribution in [3.63, 3.8) is 0 Å². The highest BCUT2D eigenvalue weighted by Gasteiger charge is 2.34. The maximum Gasteiger partial charge on any atom is 0.416 e. The molecule has 0 N–H and O–H groups in total. The Labute approximate surface area is 132 Å². The largest absolute Gasteiger partial charge is 0.480 e. The zero-order chi connectivity index (χ0) is 17.5. The van der Waals surface area contributed by atoms with Crippen LogP contribution in [0.15, 0.2) is 53.5 Å². The Morgan fingerprint density at radius 1 is 1.12 bits per heavy atom. The van der Waals surface area contributed by atoms with E-state index in [1.54, 1.807) is 0 Å². The molecule has 1 aromatic heterocycles. The standard InChI is InChI=1S/C16H10F5NO2/c17-15(18)13-8-11(22-6-2-1-3-14(22)23)10-7-9(16(19,20)21)4-5-12(10)24-13/h1-8,13,15H. The molecule has 0 fully saturated rings. The molecule has 8 heteroatoms. The van der Waals surface area contributed by atoms with Crippen LogP contribution in [-0.4, -0.2) is 17.1 Å². The molecular formula is C16H10F5NO2. The highest BCUT2D eigenvalue weighted by molar-refractivity contribution is 5.73. The third-order valence-corrected chi connectivity index (χ3v) is 3.50. The monoisotopic (exact) mass is 343 g/mol. The number of nitrogens with zero attached hydrogens (tertiary/aromatic N) is 1. The number of rotatable bonds is 2. The van der Waals surface area contributed by atoms with Gasteiger partial charge in [0, 0.05) is 17.8 Å². The van der Waals surface area contributed by atoms with Crippen molar-refractivity contribution in [1.29, 1.82) is 0 Å². The number of hydrogen-bond donors (Lipinski definition) is 0. The first-order valence-electron chi connectivity index (χ1n) is 6.83. The van der Waals surface area contributed by atoms with Crippen LogP contribution in [0.5, 0.6) is 5.75 Å². The third-order valence-electron chi connectivity index (χ3n) is 3.50. The zero-order valence-electron chi connectivity index (χ0n) is 11.9. The molecule has 0 spiro atoms. The van der Waals surface area contributed by atoms with Gasteiger partial charge in [-0.3, -0.25) is 9.36 Å². The SMILES string of the molecule is O=c1ccccn1C1=CC(C(F)F)Oc2ccc(C(F)(F)F)cc21. The molecule has 1 aliphatic heterocycles. The summed E-state index contributed by atoms with van der Waals surface area (Å²) in [5, 5.41) is 0. The van der Waals surface area contributed by atoms with Crippen LogP contribution in [0.3, 0.4) is 0 Å². The summed E-state index contributed by atoms with van der Waals surface area (Å²) in [4.78, 5) is 12.0. The van der Waals surface area contributed by atoms with E-state index in [2.05, 4.69) is 0 Å². The Morgan fingerprint density at radius 2 is 1.88 bits per heavy atom. The van der Waals surface area contributed by atoms with Crippen LogP contribution in [0, 0.1) is 0 Å². The number of benzene rings is 1. The van der Waals surface area contributed by atoms with Gasteiger partial charge in [-0.1, -0.05) is 6.07 Å². The average Bonchev–Trinajstić information content (AvgIpc) is 2.53. The van der Waals surface area contributed by atoms with Crippen LogP contribution in [0.1, 0.15) is 11.1 Å². The number of aromatic nitrogens is 1. The lowest BCUT2D eigenvalue weighted by Crippen LogP contribution is -2.30. The van der Waals surface area contributed by atoms with Crippen LogP contribution in [-0.2, 0) is 6.18 Å². The highest BCUT2D eigenvalue weighted by atomic mass is 19.4. The van der Waals surface area contributed by atoms with Crippen LogP contribution in [0.25, 0.3) is 5.70 Å². The van der Waals surface area contributed by atoms with E-state index in [1.807, 2.05) is 0 Å². The van der Waals surface area contributed by atoms with E-state index in [0.29, 0.717) is 0 Å². The van der Waals surface area contributed by atoms with E-state index in [-0.39, 0.29) is 17.0 Å². The summed E-state index contributed by atoms with van der Waals surface area (Å²) < 4.78 is 70.9. The summed E-state index contributed by atoms with van der Waals surface area (Å²) in [6.07, 6.45) is -6.91. The molecule has 1 unspecified atom stereocenters. The minimum absolute atomic E-state index is 0.0711. The van der Waals surface area contributed by atoms with E-state index in [1.165, 1.54) is 24.4 Å². The van der Waals surface area contributed by atoms with Crippen molar-refractivity contribution in [3.8, 4) is 5.75 Å². The molecule has 126 valence electrons. The molecule has 3 rings (SSSR count). The fourth-order valence-electron chi connectivity index (χ4n) is 2.40. The minimum Gasteiger partial charge on any atom is -0.480 e. The lowest BCUT2D eigenvalue weighted by Gasteiger charge is -2.26. The smallest absolute Gasteiger partial charge is 0.416 e. The molecule has 0 amide bonds. The normalized spacial score (nSPS) is 17.2. The molecule has 1 atom stereocenters. The number of pyridine rings is 1. The van der Waals surface area contributed by atoms with E-state index < -0.39 is 29.8 Å². The van der Waals surface area contributed by atoms with Gasteiger partial charge in [0.2, 0.25) is 0 Å². The third kappa shape index (κ3) is 2.91. The van der Waals surface area contributed by atoms with Gasteiger partial charge in [-0.2, -0.15) is 13.2 Å². The predicted molar refractivity (Wildman–Crippen MR) is 75.9 cm³/mol. The quantitative estimate of drug-likeness (QED) is 0.777. The van der Waals surface area contributed by atoms with Gasteiger partial charge in [0.15, 0.2) is 6.10 Å². The summed E-state index contributed by atoms with van der Waals surface area (Å²) in [5.74, 6) is -0.137. The molecule has 0 bridgehead atoms. The molecule has 0 aliphatic carbocycles. The van der Waals surface area contributed by atoms with E-state index in [4.69, 9.17) is 4.74 Å². The van der Waals surface area contributed by atoms with Gasteiger partial charge in [-0.05, 0) is 30.3 Å². The van der Waals surface area contributed by atoms with Crippen molar-refractivity contribution in [1.82, 2.24) is 4.57 Å². The second-order valence-electron chi connectivity index (χ2n) is 5.09. The zero-order valence-corrected chi connectivity index (χ0v) is 11.9. The van der Waals surface area contributed by atoms with Gasteiger partial charge in [-0.15, -0.1) is 0 Å². The average molecular weight is 343 g/mol. The summed E-state index contributed by atoms with van der Waals surface area (Å²) in [6, 6.07) is 6.61. The van der Waals surface area contributed by atoms with Gasteiger partial charge in [0.25, 0.3) is 12.0 Å². The first-order valence-corrected chi connectivity index (χ1v) is 6.83. The highest BCUT2D eigenvalue weighted by Crippen LogP contribution is 2.38. The van der Waals surface area contributed by atoms with Crippen LogP contribution in [0.2, 0.25) is 0 Å². The Kier molecular flexibility index (Phi) is 3.90. The topological polar surface area (TPSA) is 31.2 Å². The molecule has 0 radical (unpaired) electrons. The van der Waals surface area contributed by atoms with Crippen LogP contribution in [0.4, 0.5) is 22.0 Å². The molecule has 1 aromatic carbocycles. The molecule has 0 saturated heterocycles. The van der Waals surface area contributed by atoms with E-state index in [9.17, 15) is 26.7 Å². The van der Waals surface area contributed by atoms with Crippen molar-refractivity contribution >= 4 is 5.70 Å². The molecule has 24 heavy (non-hydrogen) atoms. The fourth-order valence-corrected chi connectivity index (χ4v) is 2.40. The Morgan fingerprint density at radius 3 is 2.50 bits per heavy atom. The summed E-state index contributed by atoms with van der Waals surface area (Å²) in [7, 11) is 0. The summed E-state index contributed by atoms with van der Waals surface area (Å²) in [6.45, 7) is 0. The Bertz CT molecular complexity index is 854. The van der Waals surface area contributed by atoms with Gasteiger partial charge in [0.1, 0.15) is 5.75 Å². The molecule has 2 aromatic rings. The summed E-state index contributed by atoms with van der Waals surface area (Å²) in [5.41, 5.74) is -1.66. The number of fused-ring (bicyclic) bond motifs is 1. The van der Waals surface area contributed by atoms with Gasteiger partial charge >= 0.3 is 6.18 Å². The van der Waals surface area contributed by atoms with E-state index >= 15 is 0 Å². The lowest BCUT2D eigenvalue weighted by molar-refractivity contribution is -0.137. The second kappa shape index (κ2) is 5.77. The van der Waals surface area contributed by atoms with Crippen LogP contribution >= 0.6 is 0 Å². The molecule has 0 saturated carbocycles. The second-order valence-corrected chi connectivity index (χ2v) is 5.09. The molecule has 2 heterocycles. The maximum atomic E-state index is 13.0. The van der Waals surface area contributed by atoms with Crippen LogP contribution < -0.4 is 10.3 Å². The van der Waals surface area contributed by atoms with Gasteiger partial charge in [-0.25, -0.2) is 8.78 Å². The van der Waals surface area contributed by atoms with Crippen molar-refractivity contribution in [2.45, 2.75) is 18.7 Å². The lowest BCUT2D eigenvalue weighted by atomic mass is 10.0. The van der Waals surface area contributed by atoms with Crippen molar-refractivity contribution in [3.05, 3.63) is 70.2 Å². The fraction of sp³-hybridized carbons (Fsp3) is 0.188. The Hall–Kier alpha value is -2.64. The van der Waals surface area contributed by atoms with Crippen molar-refractivity contribution < 1.29 is 26.7 Å². The van der Waals surface area contributed by atoms with Crippen molar-refractivity contribution in [2.75, 3.05) is 0 Å². The first kappa shape index (κ1) is 16.2. The Balaban J connectivity index is 2.22. The molecule has 3 nitrogen and oxygen atoms in total. The molecule has 1 aliphatic rings. The molecular weight excluding hydrogens is 333 g/mol. The summed E-state index contributed by atoms with van der Waals surface area (Å²) >= 11 is 0. The predicted octanol–water partition coefficient (Wildman–Crippen LogP) is 3.78. The van der Waals surface area contributed by atoms with Gasteiger partial charge < -0.3 is 4.74 Å². The van der Waals surface area contributed by atoms with E-state index in [0.717, 1.165) is 28.8 Å². The number of hydrogen-bond acceptors (Lipinski definition) is 2. The maximum absolute atomic E-state index is 13.0. The van der Waals surface area contributed by atoms with Gasteiger partial charge in [0.05, 0.1) is 11.3 Å².